The van der Waals surface area contributed by atoms with E-state index >= 15 is 0 Å². The third kappa shape index (κ3) is 2.54. The monoisotopic (exact) mass is 312 g/mol. The quantitative estimate of drug-likeness (QED) is 0.867. The molecule has 1 fully saturated rings. The summed E-state index contributed by atoms with van der Waals surface area (Å²) in [5.74, 6) is -1.38. The molecule has 0 bridgehead atoms. The molecule has 1 aromatic carbocycles. The van der Waals surface area contributed by atoms with E-state index in [0.29, 0.717) is 6.42 Å². The molecule has 1 heterocycles. The zero-order valence-electron chi connectivity index (χ0n) is 10.3. The van der Waals surface area contributed by atoms with Crippen molar-refractivity contribution in [3.63, 3.8) is 0 Å². The summed E-state index contributed by atoms with van der Waals surface area (Å²) in [7, 11) is -3.60. The summed E-state index contributed by atoms with van der Waals surface area (Å²) in [6, 6.07) is 4.75. The van der Waals surface area contributed by atoms with Gasteiger partial charge in [-0.2, -0.15) is 0 Å². The predicted molar refractivity (Wildman–Crippen MR) is 74.0 cm³/mol. The Hall–Kier alpha value is -1.51. The summed E-state index contributed by atoms with van der Waals surface area (Å²) in [4.78, 5) is 15.0. The number of carbonyl (C=O) groups is 1. The first-order valence-corrected chi connectivity index (χ1v) is 8.39. The van der Waals surface area contributed by atoms with Crippen LogP contribution in [0.4, 0.5) is 0 Å². The molecule has 0 spiro atoms. The number of carboxylic acid groups (broad SMARTS) is 1. The number of thiazole rings is 1. The molecule has 106 valence electrons. The molecule has 0 radical (unpaired) electrons. The molecule has 3 rings (SSSR count). The van der Waals surface area contributed by atoms with Crippen LogP contribution in [0.25, 0.3) is 10.2 Å². The van der Waals surface area contributed by atoms with Gasteiger partial charge in [0.1, 0.15) is 0 Å². The molecule has 2 atom stereocenters. The van der Waals surface area contributed by atoms with Crippen molar-refractivity contribution in [1.29, 1.82) is 0 Å². The fourth-order valence-electron chi connectivity index (χ4n) is 2.08. The van der Waals surface area contributed by atoms with E-state index in [1.807, 2.05) is 0 Å². The Balaban J connectivity index is 1.73. The molecule has 1 saturated carbocycles. The summed E-state index contributed by atoms with van der Waals surface area (Å²) in [6.07, 6.45) is 0.533. The normalized spacial score (nSPS) is 22.0. The van der Waals surface area contributed by atoms with Crippen molar-refractivity contribution in [2.45, 2.75) is 11.3 Å². The van der Waals surface area contributed by atoms with E-state index in [-0.39, 0.29) is 17.4 Å². The molecule has 0 unspecified atom stereocenters. The van der Waals surface area contributed by atoms with E-state index in [2.05, 4.69) is 9.71 Å². The van der Waals surface area contributed by atoms with Crippen LogP contribution in [0, 0.1) is 11.8 Å². The van der Waals surface area contributed by atoms with Gasteiger partial charge in [-0.25, -0.2) is 18.1 Å². The maximum absolute atomic E-state index is 12.1. The third-order valence-electron chi connectivity index (χ3n) is 3.39. The Morgan fingerprint density at radius 2 is 2.30 bits per heavy atom. The minimum Gasteiger partial charge on any atom is -0.481 e. The number of nitrogens with zero attached hydrogens (tertiary/aromatic N) is 1. The number of hydrogen-bond acceptors (Lipinski definition) is 5. The zero-order valence-corrected chi connectivity index (χ0v) is 11.9. The smallest absolute Gasteiger partial charge is 0.306 e. The second kappa shape index (κ2) is 4.80. The van der Waals surface area contributed by atoms with Crippen LogP contribution in [-0.4, -0.2) is 31.0 Å². The van der Waals surface area contributed by atoms with Gasteiger partial charge in [0.05, 0.1) is 26.5 Å². The van der Waals surface area contributed by atoms with Crippen LogP contribution in [0.3, 0.4) is 0 Å². The minimum atomic E-state index is -3.60. The highest BCUT2D eigenvalue weighted by atomic mass is 32.2. The second-order valence-corrected chi connectivity index (χ2v) is 7.43. The molecule has 0 amide bonds. The fourth-order valence-corrected chi connectivity index (χ4v) is 3.99. The van der Waals surface area contributed by atoms with Crippen molar-refractivity contribution < 1.29 is 18.3 Å². The Kier molecular flexibility index (Phi) is 3.23. The van der Waals surface area contributed by atoms with Crippen molar-refractivity contribution in [2.24, 2.45) is 11.8 Å². The van der Waals surface area contributed by atoms with E-state index in [1.165, 1.54) is 17.4 Å². The number of carboxylic acids is 1. The summed E-state index contributed by atoms with van der Waals surface area (Å²) < 4.78 is 27.5. The van der Waals surface area contributed by atoms with Crippen LogP contribution in [0.5, 0.6) is 0 Å². The molecule has 8 heteroatoms. The zero-order chi connectivity index (χ0) is 14.3. The van der Waals surface area contributed by atoms with Crippen molar-refractivity contribution >= 4 is 37.5 Å². The average molecular weight is 312 g/mol. The van der Waals surface area contributed by atoms with Crippen LogP contribution in [-0.2, 0) is 14.8 Å². The van der Waals surface area contributed by atoms with E-state index in [4.69, 9.17) is 5.11 Å². The Morgan fingerprint density at radius 3 is 3.00 bits per heavy atom. The van der Waals surface area contributed by atoms with Crippen LogP contribution in [0.1, 0.15) is 6.42 Å². The highest BCUT2D eigenvalue weighted by Gasteiger charge is 2.43. The predicted octanol–water partition coefficient (Wildman–Crippen LogP) is 1.30. The second-order valence-electron chi connectivity index (χ2n) is 4.77. The van der Waals surface area contributed by atoms with Gasteiger partial charge in [-0.1, -0.05) is 0 Å². The highest BCUT2D eigenvalue weighted by Crippen LogP contribution is 2.38. The SMILES string of the molecule is O=C(O)[C@@H]1C[C@@H]1CNS(=O)(=O)c1ccc2ncsc2c1. The lowest BCUT2D eigenvalue weighted by atomic mass is 10.3. The van der Waals surface area contributed by atoms with Gasteiger partial charge in [0, 0.05) is 6.54 Å². The van der Waals surface area contributed by atoms with Crippen molar-refractivity contribution in [3.8, 4) is 0 Å². The minimum absolute atomic E-state index is 0.102. The van der Waals surface area contributed by atoms with Crippen molar-refractivity contribution in [1.82, 2.24) is 9.71 Å². The van der Waals surface area contributed by atoms with Gasteiger partial charge >= 0.3 is 5.97 Å². The lowest BCUT2D eigenvalue weighted by molar-refractivity contribution is -0.138. The van der Waals surface area contributed by atoms with Crippen LogP contribution < -0.4 is 4.72 Å². The molecule has 2 N–H and O–H groups in total. The molecule has 0 saturated heterocycles. The number of benzene rings is 1. The van der Waals surface area contributed by atoms with E-state index in [1.54, 1.807) is 17.6 Å². The Morgan fingerprint density at radius 1 is 1.50 bits per heavy atom. The topological polar surface area (TPSA) is 96.4 Å². The standard InChI is InChI=1S/C12H12N2O4S2/c15-12(16)9-3-7(9)5-14-20(17,18)8-1-2-10-11(4-8)19-6-13-10/h1-2,4,6-7,9,14H,3,5H2,(H,15,16)/t7-,9-/m1/s1. The van der Waals surface area contributed by atoms with Gasteiger partial charge < -0.3 is 5.11 Å². The Labute approximate surface area is 119 Å². The number of nitrogens with one attached hydrogen (secondary N) is 1. The third-order valence-corrected chi connectivity index (χ3v) is 5.60. The molecule has 6 nitrogen and oxygen atoms in total. The molecule has 1 aliphatic rings. The van der Waals surface area contributed by atoms with Crippen LogP contribution in [0.15, 0.2) is 28.6 Å². The maximum Gasteiger partial charge on any atom is 0.306 e. The highest BCUT2D eigenvalue weighted by molar-refractivity contribution is 7.89. The maximum atomic E-state index is 12.1. The van der Waals surface area contributed by atoms with Gasteiger partial charge in [0.15, 0.2) is 0 Å². The molecule has 1 aromatic heterocycles. The molecule has 0 aliphatic heterocycles. The molecular formula is C12H12N2O4S2. The largest absolute Gasteiger partial charge is 0.481 e. The summed E-state index contributed by atoms with van der Waals surface area (Å²) >= 11 is 1.38. The van der Waals surface area contributed by atoms with Gasteiger partial charge in [0.2, 0.25) is 10.0 Å². The Bertz CT molecular complexity index is 769. The molecule has 1 aliphatic carbocycles. The summed E-state index contributed by atoms with van der Waals surface area (Å²) in [5.41, 5.74) is 2.43. The van der Waals surface area contributed by atoms with E-state index in [0.717, 1.165) is 10.2 Å². The average Bonchev–Trinajstić information content (AvgIpc) is 3.04. The fraction of sp³-hybridized carbons (Fsp3) is 0.333. The van der Waals surface area contributed by atoms with Gasteiger partial charge in [0.25, 0.3) is 0 Å². The molecule has 2 aromatic rings. The summed E-state index contributed by atoms with van der Waals surface area (Å²) in [6.45, 7) is 0.167. The lowest BCUT2D eigenvalue weighted by Gasteiger charge is -2.06. The first-order chi connectivity index (χ1) is 9.47. The molecule has 20 heavy (non-hydrogen) atoms. The molecular weight excluding hydrogens is 300 g/mol. The van der Waals surface area contributed by atoms with Crippen molar-refractivity contribution in [2.75, 3.05) is 6.54 Å². The van der Waals surface area contributed by atoms with Gasteiger partial charge in [-0.15, -0.1) is 11.3 Å². The number of sulfonamides is 1. The van der Waals surface area contributed by atoms with E-state index < -0.39 is 21.9 Å². The first-order valence-electron chi connectivity index (χ1n) is 6.03. The van der Waals surface area contributed by atoms with Gasteiger partial charge in [-0.3, -0.25) is 4.79 Å². The van der Waals surface area contributed by atoms with Gasteiger partial charge in [-0.05, 0) is 30.5 Å². The summed E-state index contributed by atoms with van der Waals surface area (Å²) in [5, 5.41) is 8.78. The number of aliphatic carboxylic acids is 1. The number of aromatic nitrogens is 1. The number of hydrogen-bond donors (Lipinski definition) is 2. The van der Waals surface area contributed by atoms with E-state index in [9.17, 15) is 13.2 Å². The number of fused-ring (bicyclic) bond motifs is 1. The van der Waals surface area contributed by atoms with Crippen LogP contribution >= 0.6 is 11.3 Å². The lowest BCUT2D eigenvalue weighted by Crippen LogP contribution is -2.26. The first kappa shape index (κ1) is 13.5. The number of rotatable bonds is 5. The van der Waals surface area contributed by atoms with Crippen molar-refractivity contribution in [3.05, 3.63) is 23.7 Å². The van der Waals surface area contributed by atoms with Crippen LogP contribution in [0.2, 0.25) is 0 Å².